The van der Waals surface area contributed by atoms with Crippen molar-refractivity contribution in [2.24, 2.45) is 23.2 Å². The lowest BCUT2D eigenvalue weighted by molar-refractivity contribution is -0.284. The summed E-state index contributed by atoms with van der Waals surface area (Å²) in [6, 6.07) is 9.34. The molecule has 40 heavy (non-hydrogen) atoms. The number of fused-ring (bicyclic) bond motifs is 5. The third-order valence-corrected chi connectivity index (χ3v) is 10.6. The number of hydrogen-bond acceptors (Lipinski definition) is 2. The number of alkyl halides is 5. The van der Waals surface area contributed by atoms with E-state index in [0.29, 0.717) is 0 Å². The maximum absolute atomic E-state index is 12.0. The zero-order valence-electron chi connectivity index (χ0n) is 24.5. The fraction of sp³-hybridized carbons (Fsp3) is 0.818. The summed E-state index contributed by atoms with van der Waals surface area (Å²) in [7, 11) is 0. The minimum atomic E-state index is -5.42. The topological polar surface area (TPSA) is 20.2 Å². The lowest BCUT2D eigenvalue weighted by Crippen LogP contribution is -2.47. The van der Waals surface area contributed by atoms with Gasteiger partial charge in [0.05, 0.1) is 6.10 Å². The molecule has 1 aromatic rings. The van der Waals surface area contributed by atoms with E-state index in [1.54, 1.807) is 11.1 Å². The maximum atomic E-state index is 12.0. The van der Waals surface area contributed by atoms with E-state index in [4.69, 9.17) is 0 Å². The van der Waals surface area contributed by atoms with Crippen LogP contribution in [-0.2, 0) is 6.42 Å². The summed E-state index contributed by atoms with van der Waals surface area (Å²) in [5.74, 6) is -1.39. The number of aliphatic hydroxyl groups excluding tert-OH is 1. The van der Waals surface area contributed by atoms with E-state index in [-0.39, 0.29) is 23.7 Å². The molecule has 3 aliphatic rings. The molecule has 0 spiro atoms. The summed E-state index contributed by atoms with van der Waals surface area (Å²) in [5, 5.41) is 10.8. The average Bonchev–Trinajstić information content (AvgIpc) is 3.22. The number of rotatable bonds is 12. The van der Waals surface area contributed by atoms with Gasteiger partial charge in [0.1, 0.15) is 0 Å². The molecule has 0 radical (unpaired) electrons. The van der Waals surface area contributed by atoms with Crippen LogP contribution < -0.4 is 0 Å². The van der Waals surface area contributed by atoms with Gasteiger partial charge in [-0.15, -0.1) is 0 Å². The Morgan fingerprint density at radius 1 is 0.900 bits per heavy atom. The second-order valence-corrected chi connectivity index (χ2v) is 13.3. The third-order valence-electron chi connectivity index (χ3n) is 10.3. The highest BCUT2D eigenvalue weighted by Gasteiger charge is 2.57. The lowest BCUT2D eigenvalue weighted by atomic mass is 9.52. The molecule has 5 unspecified atom stereocenters. The molecule has 4 rings (SSSR count). The van der Waals surface area contributed by atoms with Gasteiger partial charge in [-0.25, -0.2) is 0 Å². The van der Waals surface area contributed by atoms with Crippen molar-refractivity contribution >= 4 is 12.6 Å². The Hall–Kier alpha value is -0.820. The van der Waals surface area contributed by atoms with Crippen LogP contribution >= 0.6 is 12.6 Å². The van der Waals surface area contributed by atoms with Gasteiger partial charge in [-0.3, -0.25) is 0 Å². The monoisotopic (exact) mass is 590 g/mol. The van der Waals surface area contributed by atoms with Crippen LogP contribution in [0.3, 0.4) is 0 Å². The Balaban J connectivity index is 0.000000342. The Morgan fingerprint density at radius 2 is 1.55 bits per heavy atom. The summed E-state index contributed by atoms with van der Waals surface area (Å²) in [5.41, 5.74) is 3.49. The number of thiol groups is 1. The van der Waals surface area contributed by atoms with E-state index in [1.807, 2.05) is 0 Å². The molecule has 1 aromatic carbocycles. The van der Waals surface area contributed by atoms with Gasteiger partial charge in [0, 0.05) is 6.42 Å². The highest BCUT2D eigenvalue weighted by atomic mass is 32.1. The number of unbranched alkanes of at least 4 members (excludes halogenated alkanes) is 7. The van der Waals surface area contributed by atoms with Gasteiger partial charge < -0.3 is 5.11 Å². The molecule has 230 valence electrons. The highest BCUT2D eigenvalue weighted by Crippen LogP contribution is 2.62. The highest BCUT2D eigenvalue weighted by molar-refractivity contribution is 7.80. The first-order valence-corrected chi connectivity index (χ1v) is 16.4. The number of aliphatic hydroxyl groups is 1. The van der Waals surface area contributed by atoms with Gasteiger partial charge >= 0.3 is 12.1 Å². The van der Waals surface area contributed by atoms with Crippen molar-refractivity contribution in [3.63, 3.8) is 0 Å². The molecule has 2 fully saturated rings. The summed E-state index contributed by atoms with van der Waals surface area (Å²) in [6.45, 7) is 4.72. The predicted octanol–water partition coefficient (Wildman–Crippen LogP) is 10.6. The molecule has 0 heterocycles. The van der Waals surface area contributed by atoms with Gasteiger partial charge in [-0.1, -0.05) is 89.5 Å². The fourth-order valence-electron chi connectivity index (χ4n) is 7.97. The first-order chi connectivity index (χ1) is 19.0. The summed E-state index contributed by atoms with van der Waals surface area (Å²) < 4.78 is 58.1. The van der Waals surface area contributed by atoms with Gasteiger partial charge in [0.25, 0.3) is 0 Å². The average molecular weight is 591 g/mol. The molecule has 1 nitrogen and oxygen atoms in total. The molecule has 0 aromatic heterocycles. The molecular formula is C33H51F5OS. The van der Waals surface area contributed by atoms with Gasteiger partial charge in [0.15, 0.2) is 0 Å². The normalized spacial score (nSPS) is 29.7. The Labute approximate surface area is 244 Å². The van der Waals surface area contributed by atoms with Crippen LogP contribution in [0.5, 0.6) is 0 Å². The van der Waals surface area contributed by atoms with Crippen LogP contribution in [0.15, 0.2) is 24.3 Å². The Bertz CT molecular complexity index is 890. The van der Waals surface area contributed by atoms with Crippen molar-refractivity contribution < 1.29 is 27.1 Å². The van der Waals surface area contributed by atoms with E-state index in [0.717, 1.165) is 30.1 Å². The lowest BCUT2D eigenvalue weighted by Gasteiger charge is -2.53. The largest absolute Gasteiger partial charge is 0.453 e. The van der Waals surface area contributed by atoms with E-state index < -0.39 is 18.5 Å². The summed E-state index contributed by atoms with van der Waals surface area (Å²) in [4.78, 5) is 0. The van der Waals surface area contributed by atoms with Crippen molar-refractivity contribution in [1.29, 1.82) is 0 Å². The van der Waals surface area contributed by atoms with Gasteiger partial charge in [-0.2, -0.15) is 34.6 Å². The standard InChI is InChI=1S/C28H44O.C5H7F5S/c1-3-4-5-6-7-8-9-10-14-22-20-21-13-11-12-15-23(21)24-18-19-28(2)25(27(22)24)16-17-26(28)29;6-4(7,2-1-3-11)5(8,9)10/h11-13,15,22,24-27,29H,3-10,14,16-20H2,1-2H3;11H,1-3H2/t22-,24?,25?,26?,27?,28?;/m1./s1. The molecule has 3 aliphatic carbocycles. The van der Waals surface area contributed by atoms with Crippen molar-refractivity contribution in [1.82, 2.24) is 0 Å². The minimum absolute atomic E-state index is 0.0334. The first kappa shape index (κ1) is 33.7. The van der Waals surface area contributed by atoms with E-state index in [2.05, 4.69) is 50.7 Å². The van der Waals surface area contributed by atoms with E-state index in [9.17, 15) is 27.1 Å². The van der Waals surface area contributed by atoms with Crippen molar-refractivity contribution in [3.05, 3.63) is 35.4 Å². The second kappa shape index (κ2) is 15.1. The second-order valence-electron chi connectivity index (χ2n) is 12.9. The summed E-state index contributed by atoms with van der Waals surface area (Å²) in [6.07, 6.45) is 11.9. The summed E-state index contributed by atoms with van der Waals surface area (Å²) >= 11 is 3.53. The van der Waals surface area contributed by atoms with Crippen molar-refractivity contribution in [2.75, 3.05) is 5.75 Å². The zero-order chi connectivity index (χ0) is 29.4. The molecule has 0 aliphatic heterocycles. The first-order valence-electron chi connectivity index (χ1n) is 15.8. The maximum Gasteiger partial charge on any atom is 0.453 e. The number of benzene rings is 1. The SMILES string of the molecule is CCCCCCCCCC[C@@H]1Cc2ccccc2C2CCC3(C)C(O)CCC3C21.FC(F)(F)C(F)(F)CCCS. The van der Waals surface area contributed by atoms with E-state index >= 15 is 0 Å². The van der Waals surface area contributed by atoms with Crippen LogP contribution in [0.2, 0.25) is 0 Å². The Morgan fingerprint density at radius 3 is 2.20 bits per heavy atom. The van der Waals surface area contributed by atoms with Crippen LogP contribution in [0.4, 0.5) is 22.0 Å². The number of halogens is 5. The molecule has 6 atom stereocenters. The van der Waals surface area contributed by atoms with Crippen molar-refractivity contribution in [3.8, 4) is 0 Å². The molecular weight excluding hydrogens is 539 g/mol. The smallest absolute Gasteiger partial charge is 0.393 e. The van der Waals surface area contributed by atoms with Crippen LogP contribution in [0.1, 0.15) is 127 Å². The van der Waals surface area contributed by atoms with Gasteiger partial charge in [-0.05, 0) is 90.9 Å². The van der Waals surface area contributed by atoms with Crippen LogP contribution in [0, 0.1) is 23.2 Å². The predicted molar refractivity (Wildman–Crippen MR) is 157 cm³/mol. The zero-order valence-corrected chi connectivity index (χ0v) is 25.4. The van der Waals surface area contributed by atoms with Gasteiger partial charge in [0.2, 0.25) is 0 Å². The molecule has 0 bridgehead atoms. The van der Waals surface area contributed by atoms with Crippen molar-refractivity contribution in [2.45, 2.75) is 141 Å². The fourth-order valence-corrected chi connectivity index (χ4v) is 8.12. The third kappa shape index (κ3) is 8.17. The van der Waals surface area contributed by atoms with Crippen LogP contribution in [-0.4, -0.2) is 29.1 Å². The molecule has 0 saturated heterocycles. The Kier molecular flexibility index (Phi) is 12.7. The van der Waals surface area contributed by atoms with E-state index in [1.165, 1.54) is 83.5 Å². The minimum Gasteiger partial charge on any atom is -0.393 e. The molecule has 0 amide bonds. The van der Waals surface area contributed by atoms with Crippen LogP contribution in [0.25, 0.3) is 0 Å². The quantitative estimate of drug-likeness (QED) is 0.141. The molecule has 2 saturated carbocycles. The molecule has 1 N–H and O–H groups in total. The molecule has 7 heteroatoms. The number of hydrogen-bond donors (Lipinski definition) is 2.